The molecule has 0 aliphatic carbocycles. The van der Waals surface area contributed by atoms with Gasteiger partial charge in [-0.15, -0.1) is 11.6 Å². The molecule has 0 radical (unpaired) electrons. The van der Waals surface area contributed by atoms with Crippen molar-refractivity contribution in [3.8, 4) is 17.6 Å². The molecule has 0 aromatic heterocycles. The molecule has 5 heteroatoms. The Bertz CT molecular complexity index is 612. The van der Waals surface area contributed by atoms with Crippen LogP contribution in [-0.2, 0) is 5.88 Å². The second-order valence-electron chi connectivity index (χ2n) is 3.76. The van der Waals surface area contributed by atoms with Crippen molar-refractivity contribution in [2.45, 2.75) is 5.88 Å². The van der Waals surface area contributed by atoms with Crippen LogP contribution in [0.5, 0.6) is 11.5 Å². The standard InChI is InChI=1S/C14H8ClF2NO/c15-7-10-5-12(16)14(13(17)6-10)19-11-3-1-9(8-18)2-4-11/h1-6H,7H2. The molecule has 0 aliphatic rings. The highest BCUT2D eigenvalue weighted by Crippen LogP contribution is 2.29. The molecule has 2 aromatic rings. The number of nitriles is 1. The van der Waals surface area contributed by atoms with E-state index in [0.29, 0.717) is 11.1 Å². The lowest BCUT2D eigenvalue weighted by molar-refractivity contribution is 0.407. The molecular formula is C14H8ClF2NO. The van der Waals surface area contributed by atoms with Gasteiger partial charge in [0.05, 0.1) is 11.6 Å². The zero-order chi connectivity index (χ0) is 13.8. The number of alkyl halides is 1. The summed E-state index contributed by atoms with van der Waals surface area (Å²) in [7, 11) is 0. The number of nitrogens with zero attached hydrogens (tertiary/aromatic N) is 1. The average molecular weight is 280 g/mol. The minimum atomic E-state index is -0.819. The maximum absolute atomic E-state index is 13.7. The number of halogens is 3. The molecule has 0 amide bonds. The summed E-state index contributed by atoms with van der Waals surface area (Å²) < 4.78 is 32.4. The molecule has 0 bridgehead atoms. The fourth-order valence-corrected chi connectivity index (χ4v) is 1.66. The Morgan fingerprint density at radius 1 is 1.11 bits per heavy atom. The Labute approximate surface area is 113 Å². The number of hydrogen-bond donors (Lipinski definition) is 0. The van der Waals surface area contributed by atoms with E-state index in [9.17, 15) is 8.78 Å². The normalized spacial score (nSPS) is 10.0. The van der Waals surface area contributed by atoms with Crippen molar-refractivity contribution in [2.75, 3.05) is 0 Å². The fourth-order valence-electron chi connectivity index (χ4n) is 1.50. The van der Waals surface area contributed by atoms with E-state index < -0.39 is 17.4 Å². The van der Waals surface area contributed by atoms with Crippen molar-refractivity contribution in [3.63, 3.8) is 0 Å². The first-order chi connectivity index (χ1) is 9.13. The van der Waals surface area contributed by atoms with Crippen molar-refractivity contribution in [1.82, 2.24) is 0 Å². The van der Waals surface area contributed by atoms with Gasteiger partial charge < -0.3 is 4.74 Å². The van der Waals surface area contributed by atoms with Crippen molar-refractivity contribution in [2.24, 2.45) is 0 Å². The Morgan fingerprint density at radius 3 is 2.16 bits per heavy atom. The monoisotopic (exact) mass is 279 g/mol. The third-order valence-electron chi connectivity index (χ3n) is 2.42. The first kappa shape index (κ1) is 13.3. The Hall–Kier alpha value is -2.12. The van der Waals surface area contributed by atoms with E-state index in [0.717, 1.165) is 12.1 Å². The predicted molar refractivity (Wildman–Crippen MR) is 67.1 cm³/mol. The van der Waals surface area contributed by atoms with Crippen LogP contribution < -0.4 is 4.74 Å². The lowest BCUT2D eigenvalue weighted by atomic mass is 10.2. The van der Waals surface area contributed by atoms with Crippen LogP contribution in [0, 0.1) is 23.0 Å². The molecule has 19 heavy (non-hydrogen) atoms. The highest BCUT2D eigenvalue weighted by Gasteiger charge is 2.13. The lowest BCUT2D eigenvalue weighted by Crippen LogP contribution is -1.95. The maximum atomic E-state index is 13.7. The summed E-state index contributed by atoms with van der Waals surface area (Å²) in [5.74, 6) is -1.86. The van der Waals surface area contributed by atoms with Gasteiger partial charge in [0.2, 0.25) is 0 Å². The van der Waals surface area contributed by atoms with E-state index in [2.05, 4.69) is 0 Å². The summed E-state index contributed by atoms with van der Waals surface area (Å²) in [5.41, 5.74) is 0.773. The van der Waals surface area contributed by atoms with Crippen LogP contribution in [0.3, 0.4) is 0 Å². The summed E-state index contributed by atoms with van der Waals surface area (Å²) in [5, 5.41) is 8.64. The van der Waals surface area contributed by atoms with Crippen LogP contribution in [0.4, 0.5) is 8.78 Å². The van der Waals surface area contributed by atoms with Crippen molar-refractivity contribution in [1.29, 1.82) is 5.26 Å². The van der Waals surface area contributed by atoms with Gasteiger partial charge in [0.1, 0.15) is 5.75 Å². The van der Waals surface area contributed by atoms with Gasteiger partial charge in [0, 0.05) is 5.88 Å². The molecule has 0 atom stereocenters. The molecule has 0 saturated carbocycles. The van der Waals surface area contributed by atoms with E-state index in [-0.39, 0.29) is 11.6 Å². The maximum Gasteiger partial charge on any atom is 0.198 e. The summed E-state index contributed by atoms with van der Waals surface area (Å²) in [4.78, 5) is 0. The summed E-state index contributed by atoms with van der Waals surface area (Å²) in [6, 6.07) is 10.1. The van der Waals surface area contributed by atoms with Gasteiger partial charge in [0.15, 0.2) is 17.4 Å². The summed E-state index contributed by atoms with van der Waals surface area (Å²) in [6.07, 6.45) is 0. The summed E-state index contributed by atoms with van der Waals surface area (Å²) >= 11 is 5.51. The van der Waals surface area contributed by atoms with E-state index in [1.54, 1.807) is 0 Å². The molecule has 0 N–H and O–H groups in total. The van der Waals surface area contributed by atoms with Crippen molar-refractivity contribution >= 4 is 11.6 Å². The smallest absolute Gasteiger partial charge is 0.198 e. The molecule has 0 saturated heterocycles. The first-order valence-corrected chi connectivity index (χ1v) is 5.89. The van der Waals surface area contributed by atoms with E-state index in [1.807, 2.05) is 6.07 Å². The number of ether oxygens (including phenoxy) is 1. The van der Waals surface area contributed by atoms with Crippen LogP contribution in [0.15, 0.2) is 36.4 Å². The van der Waals surface area contributed by atoms with Crippen LogP contribution in [-0.4, -0.2) is 0 Å². The topological polar surface area (TPSA) is 33.0 Å². The van der Waals surface area contributed by atoms with Gasteiger partial charge in [-0.05, 0) is 42.0 Å². The first-order valence-electron chi connectivity index (χ1n) is 5.36. The largest absolute Gasteiger partial charge is 0.451 e. The molecule has 2 rings (SSSR count). The van der Waals surface area contributed by atoms with Gasteiger partial charge in [-0.1, -0.05) is 0 Å². The quantitative estimate of drug-likeness (QED) is 0.782. The van der Waals surface area contributed by atoms with E-state index in [1.165, 1.54) is 24.3 Å². The molecule has 0 aliphatic heterocycles. The van der Waals surface area contributed by atoms with Gasteiger partial charge in [-0.2, -0.15) is 5.26 Å². The number of hydrogen-bond acceptors (Lipinski definition) is 2. The molecule has 96 valence electrons. The van der Waals surface area contributed by atoms with Crippen LogP contribution in [0.25, 0.3) is 0 Å². The van der Waals surface area contributed by atoms with Crippen LogP contribution in [0.2, 0.25) is 0 Å². The third-order valence-corrected chi connectivity index (χ3v) is 2.72. The Balaban J connectivity index is 2.30. The van der Waals surface area contributed by atoms with Crippen LogP contribution >= 0.6 is 11.6 Å². The number of rotatable bonds is 3. The molecular weight excluding hydrogens is 272 g/mol. The van der Waals surface area contributed by atoms with Crippen molar-refractivity contribution < 1.29 is 13.5 Å². The highest BCUT2D eigenvalue weighted by molar-refractivity contribution is 6.17. The van der Waals surface area contributed by atoms with Crippen LogP contribution in [0.1, 0.15) is 11.1 Å². The van der Waals surface area contributed by atoms with E-state index >= 15 is 0 Å². The summed E-state index contributed by atoms with van der Waals surface area (Å²) in [6.45, 7) is 0. The molecule has 0 fully saturated rings. The Kier molecular flexibility index (Phi) is 3.98. The molecule has 0 unspecified atom stereocenters. The molecule has 2 aromatic carbocycles. The van der Waals surface area contributed by atoms with Gasteiger partial charge >= 0.3 is 0 Å². The van der Waals surface area contributed by atoms with Gasteiger partial charge in [0.25, 0.3) is 0 Å². The molecule has 0 spiro atoms. The Morgan fingerprint density at radius 2 is 1.68 bits per heavy atom. The lowest BCUT2D eigenvalue weighted by Gasteiger charge is -2.09. The SMILES string of the molecule is N#Cc1ccc(Oc2c(F)cc(CCl)cc2F)cc1. The van der Waals surface area contributed by atoms with Crippen molar-refractivity contribution in [3.05, 3.63) is 59.2 Å². The number of benzene rings is 2. The predicted octanol–water partition coefficient (Wildman–Crippen LogP) is 4.37. The zero-order valence-electron chi connectivity index (χ0n) is 9.66. The molecule has 2 nitrogen and oxygen atoms in total. The van der Waals surface area contributed by atoms with E-state index in [4.69, 9.17) is 21.6 Å². The second kappa shape index (κ2) is 5.68. The average Bonchev–Trinajstić information content (AvgIpc) is 2.43. The van der Waals surface area contributed by atoms with Gasteiger partial charge in [-0.3, -0.25) is 0 Å². The second-order valence-corrected chi connectivity index (χ2v) is 4.03. The fraction of sp³-hybridized carbons (Fsp3) is 0.0714. The minimum absolute atomic E-state index is 0.0188. The highest BCUT2D eigenvalue weighted by atomic mass is 35.5. The zero-order valence-corrected chi connectivity index (χ0v) is 10.4. The third kappa shape index (κ3) is 3.01. The minimum Gasteiger partial charge on any atom is -0.451 e. The van der Waals surface area contributed by atoms with Gasteiger partial charge in [-0.25, -0.2) is 8.78 Å². The molecule has 0 heterocycles.